The van der Waals surface area contributed by atoms with Crippen molar-refractivity contribution in [2.45, 2.75) is 20.4 Å². The second-order valence-electron chi connectivity index (χ2n) is 4.02. The average molecular weight is 260 g/mol. The lowest BCUT2D eigenvalue weighted by molar-refractivity contribution is 0.388. The summed E-state index contributed by atoms with van der Waals surface area (Å²) in [5.41, 5.74) is 2.24. The van der Waals surface area contributed by atoms with Crippen molar-refractivity contribution in [2.24, 2.45) is 0 Å². The highest BCUT2D eigenvalue weighted by molar-refractivity contribution is 7.22. The molecule has 0 fully saturated rings. The number of para-hydroxylation sites is 1. The standard InChI is InChI=1S/C12H12N4OS/c1-7-4-3-5-9-11(7)15-12(18-9)13-6-10-14-8(2)17-16-10/h3-5H,6H2,1-2H3,(H,13,15). The van der Waals surface area contributed by atoms with Crippen molar-refractivity contribution in [1.82, 2.24) is 15.1 Å². The fourth-order valence-corrected chi connectivity index (χ4v) is 2.67. The minimum Gasteiger partial charge on any atom is -0.354 e. The number of nitrogens with one attached hydrogen (secondary N) is 1. The normalized spacial score (nSPS) is 11.0. The number of nitrogens with zero attached hydrogens (tertiary/aromatic N) is 3. The lowest BCUT2D eigenvalue weighted by Crippen LogP contribution is -2.00. The Bertz CT molecular complexity index is 688. The molecule has 92 valence electrons. The van der Waals surface area contributed by atoms with Gasteiger partial charge in [-0.25, -0.2) is 4.98 Å². The molecule has 0 spiro atoms. The van der Waals surface area contributed by atoms with Crippen LogP contribution < -0.4 is 5.32 Å². The molecule has 18 heavy (non-hydrogen) atoms. The summed E-state index contributed by atoms with van der Waals surface area (Å²) < 4.78 is 6.10. The Kier molecular flexibility index (Phi) is 2.71. The van der Waals surface area contributed by atoms with E-state index in [4.69, 9.17) is 4.52 Å². The van der Waals surface area contributed by atoms with Crippen LogP contribution in [0.2, 0.25) is 0 Å². The maximum absolute atomic E-state index is 4.91. The smallest absolute Gasteiger partial charge is 0.223 e. The predicted molar refractivity (Wildman–Crippen MR) is 70.7 cm³/mol. The number of fused-ring (bicyclic) bond motifs is 1. The Morgan fingerprint density at radius 3 is 2.89 bits per heavy atom. The van der Waals surface area contributed by atoms with Crippen molar-refractivity contribution in [3.8, 4) is 0 Å². The molecular formula is C12H12N4OS. The van der Waals surface area contributed by atoms with Crippen LogP contribution in [0.25, 0.3) is 10.2 Å². The van der Waals surface area contributed by atoms with E-state index in [1.165, 1.54) is 10.3 Å². The molecule has 0 saturated heterocycles. The summed E-state index contributed by atoms with van der Waals surface area (Å²) in [5.74, 6) is 1.22. The number of aromatic nitrogens is 3. The lowest BCUT2D eigenvalue weighted by Gasteiger charge is -1.95. The fraction of sp³-hybridized carbons (Fsp3) is 0.250. The topological polar surface area (TPSA) is 63.8 Å². The maximum Gasteiger partial charge on any atom is 0.223 e. The second kappa shape index (κ2) is 4.38. The van der Waals surface area contributed by atoms with E-state index in [-0.39, 0.29) is 0 Å². The monoisotopic (exact) mass is 260 g/mol. The predicted octanol–water partition coefficient (Wildman–Crippen LogP) is 2.91. The van der Waals surface area contributed by atoms with Gasteiger partial charge >= 0.3 is 0 Å². The van der Waals surface area contributed by atoms with Crippen LogP contribution in [-0.2, 0) is 6.54 Å². The summed E-state index contributed by atoms with van der Waals surface area (Å²) >= 11 is 1.63. The van der Waals surface area contributed by atoms with Gasteiger partial charge < -0.3 is 9.84 Å². The Morgan fingerprint density at radius 1 is 1.28 bits per heavy atom. The van der Waals surface area contributed by atoms with Crippen LogP contribution in [0.3, 0.4) is 0 Å². The molecule has 0 unspecified atom stereocenters. The van der Waals surface area contributed by atoms with Gasteiger partial charge in [0.2, 0.25) is 5.89 Å². The molecule has 0 aliphatic carbocycles. The highest BCUT2D eigenvalue weighted by Crippen LogP contribution is 2.27. The third-order valence-corrected chi connectivity index (χ3v) is 3.57. The third kappa shape index (κ3) is 2.06. The van der Waals surface area contributed by atoms with Gasteiger partial charge in [0, 0.05) is 6.92 Å². The molecule has 2 heterocycles. The number of rotatable bonds is 3. The van der Waals surface area contributed by atoms with Crippen LogP contribution in [0, 0.1) is 13.8 Å². The number of anilines is 1. The molecule has 1 aromatic carbocycles. The van der Waals surface area contributed by atoms with Gasteiger partial charge in [-0.3, -0.25) is 0 Å². The van der Waals surface area contributed by atoms with Crippen molar-refractivity contribution >= 4 is 26.7 Å². The molecule has 0 amide bonds. The van der Waals surface area contributed by atoms with Crippen molar-refractivity contribution in [3.63, 3.8) is 0 Å². The Balaban J connectivity index is 1.81. The van der Waals surface area contributed by atoms with Crippen LogP contribution in [-0.4, -0.2) is 15.1 Å². The van der Waals surface area contributed by atoms with Gasteiger partial charge in [0.05, 0.1) is 16.8 Å². The van der Waals surface area contributed by atoms with Crippen LogP contribution in [0.4, 0.5) is 5.13 Å². The van der Waals surface area contributed by atoms with Crippen LogP contribution in [0.5, 0.6) is 0 Å². The van der Waals surface area contributed by atoms with Crippen molar-refractivity contribution in [1.29, 1.82) is 0 Å². The summed E-state index contributed by atoms with van der Waals surface area (Å²) in [5, 5.41) is 7.92. The van der Waals surface area contributed by atoms with E-state index < -0.39 is 0 Å². The molecule has 0 atom stereocenters. The second-order valence-corrected chi connectivity index (χ2v) is 5.05. The van der Waals surface area contributed by atoms with Crippen molar-refractivity contribution in [2.75, 3.05) is 5.32 Å². The van der Waals surface area contributed by atoms with Gasteiger partial charge in [-0.05, 0) is 18.6 Å². The number of benzene rings is 1. The number of thiazole rings is 1. The third-order valence-electron chi connectivity index (χ3n) is 2.59. The molecule has 0 radical (unpaired) electrons. The van der Waals surface area contributed by atoms with Crippen molar-refractivity contribution < 1.29 is 4.52 Å². The van der Waals surface area contributed by atoms with E-state index in [1.54, 1.807) is 18.3 Å². The van der Waals surface area contributed by atoms with Gasteiger partial charge in [0.15, 0.2) is 11.0 Å². The summed E-state index contributed by atoms with van der Waals surface area (Å²) in [6.45, 7) is 4.36. The number of hydrogen-bond donors (Lipinski definition) is 1. The van der Waals surface area contributed by atoms with E-state index in [0.717, 1.165) is 10.6 Å². The summed E-state index contributed by atoms with van der Waals surface area (Å²) in [4.78, 5) is 8.69. The molecule has 3 aromatic rings. The first-order valence-electron chi connectivity index (χ1n) is 5.61. The Morgan fingerprint density at radius 2 is 2.17 bits per heavy atom. The first kappa shape index (κ1) is 11.2. The molecular weight excluding hydrogens is 248 g/mol. The Hall–Kier alpha value is -1.95. The highest BCUT2D eigenvalue weighted by Gasteiger charge is 2.07. The fourth-order valence-electron chi connectivity index (χ4n) is 1.73. The minimum absolute atomic E-state index is 0.524. The molecule has 0 aliphatic rings. The number of hydrogen-bond acceptors (Lipinski definition) is 6. The SMILES string of the molecule is Cc1nc(CNc2nc3c(C)cccc3s2)no1. The Labute approximate surface area is 108 Å². The summed E-state index contributed by atoms with van der Waals surface area (Å²) in [6, 6.07) is 6.18. The van der Waals surface area contributed by atoms with Crippen LogP contribution >= 0.6 is 11.3 Å². The van der Waals surface area contributed by atoms with Crippen molar-refractivity contribution in [3.05, 3.63) is 35.5 Å². The van der Waals surface area contributed by atoms with Crippen LogP contribution in [0.1, 0.15) is 17.3 Å². The highest BCUT2D eigenvalue weighted by atomic mass is 32.1. The molecule has 0 bridgehead atoms. The zero-order chi connectivity index (χ0) is 12.5. The molecule has 0 saturated carbocycles. The van der Waals surface area contributed by atoms with E-state index >= 15 is 0 Å². The zero-order valence-corrected chi connectivity index (χ0v) is 10.9. The summed E-state index contributed by atoms with van der Waals surface area (Å²) in [6.07, 6.45) is 0. The van der Waals surface area contributed by atoms with E-state index in [9.17, 15) is 0 Å². The van der Waals surface area contributed by atoms with Gasteiger partial charge in [0.1, 0.15) is 0 Å². The van der Waals surface area contributed by atoms with Gasteiger partial charge in [-0.2, -0.15) is 4.98 Å². The quantitative estimate of drug-likeness (QED) is 0.784. The van der Waals surface area contributed by atoms with Crippen LogP contribution in [0.15, 0.2) is 22.7 Å². The average Bonchev–Trinajstić information content (AvgIpc) is 2.93. The molecule has 6 heteroatoms. The first-order chi connectivity index (χ1) is 8.72. The molecule has 3 rings (SSSR count). The maximum atomic E-state index is 4.91. The minimum atomic E-state index is 0.524. The molecule has 5 nitrogen and oxygen atoms in total. The van der Waals surface area contributed by atoms with E-state index in [2.05, 4.69) is 39.5 Å². The molecule has 0 aliphatic heterocycles. The summed E-state index contributed by atoms with van der Waals surface area (Å²) in [7, 11) is 0. The largest absolute Gasteiger partial charge is 0.354 e. The van der Waals surface area contributed by atoms with Gasteiger partial charge in [-0.15, -0.1) is 0 Å². The van der Waals surface area contributed by atoms with Gasteiger partial charge in [0.25, 0.3) is 0 Å². The molecule has 2 aromatic heterocycles. The van der Waals surface area contributed by atoms with Gasteiger partial charge in [-0.1, -0.05) is 28.6 Å². The van der Waals surface area contributed by atoms with E-state index in [1.807, 2.05) is 6.07 Å². The molecule has 1 N–H and O–H groups in total. The lowest BCUT2D eigenvalue weighted by atomic mass is 10.2. The first-order valence-corrected chi connectivity index (χ1v) is 6.43. The number of aryl methyl sites for hydroxylation is 2. The van der Waals surface area contributed by atoms with E-state index in [0.29, 0.717) is 18.3 Å². The zero-order valence-electron chi connectivity index (χ0n) is 10.1.